The first kappa shape index (κ1) is 25.4. The molecule has 1 aromatic heterocycles. The van der Waals surface area contributed by atoms with Crippen LogP contribution in [-0.4, -0.2) is 54.2 Å². The Kier molecular flexibility index (Phi) is 7.13. The summed E-state index contributed by atoms with van der Waals surface area (Å²) in [5.41, 5.74) is -2.28. The number of carbonyl (C=O) groups excluding carboxylic acids is 2. The second-order valence-corrected chi connectivity index (χ2v) is 7.65. The van der Waals surface area contributed by atoms with E-state index in [1.165, 1.54) is 6.07 Å². The summed E-state index contributed by atoms with van der Waals surface area (Å²) in [7, 11) is 0. The molecule has 0 saturated carbocycles. The monoisotopic (exact) mass is 494 g/mol. The number of benzene rings is 1. The number of ether oxygens (including phenoxy) is 1. The highest BCUT2D eigenvalue weighted by molar-refractivity contribution is 6.02. The maximum atomic E-state index is 13.4. The Morgan fingerprint density at radius 1 is 1.09 bits per heavy atom. The Bertz CT molecular complexity index is 1140. The van der Waals surface area contributed by atoms with Crippen LogP contribution in [0.1, 0.15) is 30.9 Å². The van der Waals surface area contributed by atoms with Gasteiger partial charge in [0.2, 0.25) is 5.91 Å². The Balaban J connectivity index is 1.73. The lowest BCUT2D eigenvalue weighted by Gasteiger charge is -2.19. The number of rotatable bonds is 8. The zero-order valence-electron chi connectivity index (χ0n) is 17.9. The number of imide groups is 1. The quantitative estimate of drug-likeness (QED) is 0.236. The number of amides is 3. The second kappa shape index (κ2) is 9.55. The van der Waals surface area contributed by atoms with Gasteiger partial charge < -0.3 is 14.1 Å². The molecule has 186 valence electrons. The van der Waals surface area contributed by atoms with Crippen LogP contribution in [0.3, 0.4) is 0 Å². The van der Waals surface area contributed by atoms with E-state index in [4.69, 9.17) is 9.15 Å². The van der Waals surface area contributed by atoms with E-state index in [1.54, 1.807) is 6.92 Å². The molecule has 0 aliphatic carbocycles. The highest BCUT2D eigenvalue weighted by atomic mass is 19.4. The number of hydrogen-bond acceptors (Lipinski definition) is 5. The average molecular weight is 494 g/mol. The summed E-state index contributed by atoms with van der Waals surface area (Å²) in [6.45, 7) is -0.734. The summed E-state index contributed by atoms with van der Waals surface area (Å²) < 4.78 is 88.3. The number of halogens is 6. The number of carbonyl (C=O) groups is 2. The summed E-state index contributed by atoms with van der Waals surface area (Å²) >= 11 is 0. The molecule has 0 N–H and O–H groups in total. The molecule has 1 aliphatic heterocycles. The van der Waals surface area contributed by atoms with Crippen LogP contribution in [0, 0.1) is 0 Å². The molecule has 2 aromatic rings. The van der Waals surface area contributed by atoms with Crippen LogP contribution in [0.4, 0.5) is 31.1 Å². The predicted molar refractivity (Wildman–Crippen MR) is 106 cm³/mol. The first-order chi connectivity index (χ1) is 15.8. The lowest BCUT2D eigenvalue weighted by Crippen LogP contribution is -2.38. The highest BCUT2D eigenvalue weighted by Gasteiger charge is 2.42. The highest BCUT2D eigenvalue weighted by Crippen LogP contribution is 2.37. The molecule has 0 unspecified atom stereocenters. The molecule has 1 fully saturated rings. The van der Waals surface area contributed by atoms with Crippen LogP contribution in [0.15, 0.2) is 27.4 Å². The van der Waals surface area contributed by atoms with Crippen LogP contribution < -0.4 is 10.4 Å². The summed E-state index contributed by atoms with van der Waals surface area (Å²) in [5.74, 6) is -0.609. The summed E-state index contributed by atoms with van der Waals surface area (Å²) in [5, 5.41) is -0.291. The minimum Gasteiger partial charge on any atom is -0.493 e. The molecule has 0 spiro atoms. The van der Waals surface area contributed by atoms with Gasteiger partial charge in [0.1, 0.15) is 24.4 Å². The predicted octanol–water partition coefficient (Wildman–Crippen LogP) is 4.36. The SMILES string of the molecule is CCCc1c(OCCCN2C(=O)CN(CC(F)(F)F)C2=O)ccc2c(C(F)(F)F)cc(=O)oc12. The van der Waals surface area contributed by atoms with Crippen LogP contribution >= 0.6 is 0 Å². The fourth-order valence-corrected chi connectivity index (χ4v) is 3.68. The fraction of sp³-hybridized carbons (Fsp3) is 0.476. The van der Waals surface area contributed by atoms with Crippen molar-refractivity contribution in [1.82, 2.24) is 9.80 Å². The van der Waals surface area contributed by atoms with Gasteiger partial charge in [0.15, 0.2) is 0 Å². The van der Waals surface area contributed by atoms with E-state index < -0.39 is 48.6 Å². The van der Waals surface area contributed by atoms with E-state index >= 15 is 0 Å². The topological polar surface area (TPSA) is 80.1 Å². The van der Waals surface area contributed by atoms with Crippen LogP contribution in [-0.2, 0) is 17.4 Å². The van der Waals surface area contributed by atoms with E-state index in [9.17, 15) is 40.7 Å². The number of nitrogens with zero attached hydrogens (tertiary/aromatic N) is 2. The Morgan fingerprint density at radius 2 is 1.79 bits per heavy atom. The average Bonchev–Trinajstić information content (AvgIpc) is 2.96. The standard InChI is InChI=1S/C21H20F6N2O5/c1-2-4-13-15(6-5-12-14(21(25,26)27)9-17(31)34-18(12)13)33-8-3-7-29-16(30)10-28(19(29)32)11-20(22,23)24/h5-6,9H,2-4,7-8,10-11H2,1H3. The maximum absolute atomic E-state index is 13.4. The normalized spacial score (nSPS) is 15.0. The van der Waals surface area contributed by atoms with Crippen molar-refractivity contribution < 1.29 is 45.1 Å². The van der Waals surface area contributed by atoms with Gasteiger partial charge >= 0.3 is 24.0 Å². The lowest BCUT2D eigenvalue weighted by atomic mass is 10.0. The molecule has 0 bridgehead atoms. The summed E-state index contributed by atoms with van der Waals surface area (Å²) in [6.07, 6.45) is -8.60. The van der Waals surface area contributed by atoms with Crippen molar-refractivity contribution in [3.63, 3.8) is 0 Å². The number of aryl methyl sites for hydroxylation is 1. The van der Waals surface area contributed by atoms with Crippen molar-refractivity contribution in [3.05, 3.63) is 39.7 Å². The van der Waals surface area contributed by atoms with E-state index in [1.807, 2.05) is 0 Å². The van der Waals surface area contributed by atoms with Gasteiger partial charge in [0, 0.05) is 23.6 Å². The fourth-order valence-electron chi connectivity index (χ4n) is 3.68. The van der Waals surface area contributed by atoms with Gasteiger partial charge in [-0.05, 0) is 25.0 Å². The Labute approximate surface area is 188 Å². The van der Waals surface area contributed by atoms with Crippen molar-refractivity contribution in [2.75, 3.05) is 26.2 Å². The molecule has 3 amide bonds. The van der Waals surface area contributed by atoms with Gasteiger partial charge in [-0.15, -0.1) is 0 Å². The first-order valence-corrected chi connectivity index (χ1v) is 10.3. The third-order valence-corrected chi connectivity index (χ3v) is 5.06. The van der Waals surface area contributed by atoms with Gasteiger partial charge in [0.25, 0.3) is 0 Å². The van der Waals surface area contributed by atoms with Gasteiger partial charge in [-0.2, -0.15) is 26.3 Å². The minimum absolute atomic E-state index is 0.0630. The Hall–Kier alpha value is -3.25. The van der Waals surface area contributed by atoms with Gasteiger partial charge in [0.05, 0.1) is 12.2 Å². The van der Waals surface area contributed by atoms with Gasteiger partial charge in [-0.1, -0.05) is 13.3 Å². The summed E-state index contributed by atoms with van der Waals surface area (Å²) in [6, 6.07) is 1.75. The van der Waals surface area contributed by atoms with Crippen LogP contribution in [0.5, 0.6) is 5.75 Å². The molecule has 1 aromatic carbocycles. The second-order valence-electron chi connectivity index (χ2n) is 7.65. The molecule has 13 heteroatoms. The van der Waals surface area contributed by atoms with E-state index in [0.717, 1.165) is 6.07 Å². The molecule has 34 heavy (non-hydrogen) atoms. The molecule has 1 saturated heterocycles. The molecule has 0 atom stereocenters. The number of urea groups is 1. The smallest absolute Gasteiger partial charge is 0.417 e. The summed E-state index contributed by atoms with van der Waals surface area (Å²) in [4.78, 5) is 36.8. The molecular formula is C21H20F6N2O5. The molecule has 1 aliphatic rings. The largest absolute Gasteiger partial charge is 0.493 e. The third-order valence-electron chi connectivity index (χ3n) is 5.06. The number of hydrogen-bond donors (Lipinski definition) is 0. The lowest BCUT2D eigenvalue weighted by molar-refractivity contribution is -0.140. The first-order valence-electron chi connectivity index (χ1n) is 10.3. The Morgan fingerprint density at radius 3 is 2.41 bits per heavy atom. The van der Waals surface area contributed by atoms with Crippen molar-refractivity contribution in [1.29, 1.82) is 0 Å². The van der Waals surface area contributed by atoms with Crippen molar-refractivity contribution >= 4 is 22.9 Å². The van der Waals surface area contributed by atoms with Crippen molar-refractivity contribution in [2.24, 2.45) is 0 Å². The molecule has 0 radical (unpaired) electrons. The molecule has 2 heterocycles. The van der Waals surface area contributed by atoms with Crippen molar-refractivity contribution in [2.45, 2.75) is 38.5 Å². The van der Waals surface area contributed by atoms with Crippen LogP contribution in [0.2, 0.25) is 0 Å². The van der Waals surface area contributed by atoms with Gasteiger partial charge in [-0.3, -0.25) is 9.69 Å². The number of alkyl halides is 6. The van der Waals surface area contributed by atoms with E-state index in [-0.39, 0.29) is 48.3 Å². The van der Waals surface area contributed by atoms with Crippen molar-refractivity contribution in [3.8, 4) is 5.75 Å². The number of fused-ring (bicyclic) bond motifs is 1. The maximum Gasteiger partial charge on any atom is 0.417 e. The van der Waals surface area contributed by atoms with Crippen LogP contribution in [0.25, 0.3) is 11.0 Å². The zero-order valence-corrected chi connectivity index (χ0v) is 17.9. The molecular weight excluding hydrogens is 474 g/mol. The molecule has 3 rings (SSSR count). The minimum atomic E-state index is -4.77. The van der Waals surface area contributed by atoms with E-state index in [2.05, 4.69) is 0 Å². The zero-order chi connectivity index (χ0) is 25.3. The van der Waals surface area contributed by atoms with E-state index in [0.29, 0.717) is 22.3 Å². The van der Waals surface area contributed by atoms with Gasteiger partial charge in [-0.25, -0.2) is 9.59 Å². The molecule has 7 nitrogen and oxygen atoms in total. The third kappa shape index (κ3) is 5.62.